The van der Waals surface area contributed by atoms with Crippen molar-refractivity contribution in [2.45, 2.75) is 38.8 Å². The predicted molar refractivity (Wildman–Crippen MR) is 56.3 cm³/mol. The highest BCUT2D eigenvalue weighted by Gasteiger charge is 2.37. The summed E-state index contributed by atoms with van der Waals surface area (Å²) in [5.41, 5.74) is 3.01. The zero-order valence-electron chi connectivity index (χ0n) is 9.34. The molecule has 1 aliphatic heterocycles. The van der Waals surface area contributed by atoms with Crippen LogP contribution in [-0.4, -0.2) is 25.8 Å². The largest absolute Gasteiger partial charge is 0.411 e. The third-order valence-electron chi connectivity index (χ3n) is 1.57. The fourth-order valence-corrected chi connectivity index (χ4v) is 1.60. The molecular weight excluding hydrogens is 212 g/mol. The van der Waals surface area contributed by atoms with Crippen LogP contribution in [0.5, 0.6) is 0 Å². The van der Waals surface area contributed by atoms with Crippen LogP contribution in [0.1, 0.15) is 13.3 Å². The lowest BCUT2D eigenvalue weighted by molar-refractivity contribution is -0.218. The zero-order chi connectivity index (χ0) is 11.7. The van der Waals surface area contributed by atoms with Crippen molar-refractivity contribution in [2.75, 3.05) is 0 Å². The van der Waals surface area contributed by atoms with Crippen LogP contribution in [-0.2, 0) is 19.1 Å². The molecule has 82 valence electrons. The summed E-state index contributed by atoms with van der Waals surface area (Å²) in [6.45, 7) is 7.64. The number of hydrogen-bond donors (Lipinski definition) is 0. The molecular formula is C10H14O4Si. The van der Waals surface area contributed by atoms with Gasteiger partial charge in [-0.3, -0.25) is 9.59 Å². The molecule has 0 N–H and O–H groups in total. The van der Waals surface area contributed by atoms with Gasteiger partial charge in [0.2, 0.25) is 0 Å². The standard InChI is InChI=1S/C10H14O4Si/c1-10(5-6-15(2,3)4)13-8(11)7-9(12)14-10/h7H2,1-4H3. The van der Waals surface area contributed by atoms with Crippen molar-refractivity contribution in [3.63, 3.8) is 0 Å². The minimum Gasteiger partial charge on any atom is -0.411 e. The van der Waals surface area contributed by atoms with E-state index in [0.717, 1.165) is 0 Å². The number of carbonyl (C=O) groups excluding carboxylic acids is 2. The second-order valence-corrected chi connectivity index (χ2v) is 9.32. The Morgan fingerprint density at radius 3 is 2.07 bits per heavy atom. The van der Waals surface area contributed by atoms with Crippen LogP contribution in [0.4, 0.5) is 0 Å². The maximum atomic E-state index is 11.0. The average Bonchev–Trinajstić information content (AvgIpc) is 1.97. The van der Waals surface area contributed by atoms with E-state index in [2.05, 4.69) is 31.1 Å². The molecule has 1 fully saturated rings. The molecule has 1 saturated heterocycles. The summed E-state index contributed by atoms with van der Waals surface area (Å²) in [5.74, 6) is 0.159. The third-order valence-corrected chi connectivity index (χ3v) is 2.45. The van der Waals surface area contributed by atoms with Gasteiger partial charge in [0, 0.05) is 6.92 Å². The van der Waals surface area contributed by atoms with E-state index in [1.54, 1.807) is 0 Å². The van der Waals surface area contributed by atoms with Gasteiger partial charge in [-0.05, 0) is 5.92 Å². The van der Waals surface area contributed by atoms with E-state index in [4.69, 9.17) is 9.47 Å². The lowest BCUT2D eigenvalue weighted by atomic mass is 10.3. The molecule has 0 atom stereocenters. The Labute approximate surface area is 89.9 Å². The molecule has 0 aromatic rings. The van der Waals surface area contributed by atoms with Gasteiger partial charge >= 0.3 is 17.7 Å². The second-order valence-electron chi connectivity index (χ2n) is 4.57. The van der Waals surface area contributed by atoms with Crippen molar-refractivity contribution in [3.05, 3.63) is 0 Å². The van der Waals surface area contributed by atoms with Gasteiger partial charge in [-0.1, -0.05) is 19.6 Å². The van der Waals surface area contributed by atoms with Crippen LogP contribution in [0.2, 0.25) is 19.6 Å². The summed E-state index contributed by atoms with van der Waals surface area (Å²) in [4.78, 5) is 22.1. The van der Waals surface area contributed by atoms with E-state index in [1.165, 1.54) is 6.92 Å². The summed E-state index contributed by atoms with van der Waals surface area (Å²) >= 11 is 0. The molecule has 0 amide bonds. The van der Waals surface area contributed by atoms with E-state index < -0.39 is 25.8 Å². The van der Waals surface area contributed by atoms with Gasteiger partial charge in [0.1, 0.15) is 14.5 Å². The lowest BCUT2D eigenvalue weighted by Gasteiger charge is -2.27. The first-order valence-corrected chi connectivity index (χ1v) is 8.18. The van der Waals surface area contributed by atoms with Gasteiger partial charge in [-0.25, -0.2) is 0 Å². The second kappa shape index (κ2) is 3.70. The number of cyclic esters (lactones) is 2. The first kappa shape index (κ1) is 11.8. The predicted octanol–water partition coefficient (Wildman–Crippen LogP) is 1.07. The summed E-state index contributed by atoms with van der Waals surface area (Å²) in [5, 5.41) is 0. The highest BCUT2D eigenvalue weighted by molar-refractivity contribution is 6.83. The first-order chi connectivity index (χ1) is 6.70. The summed E-state index contributed by atoms with van der Waals surface area (Å²) < 4.78 is 9.81. The molecule has 0 saturated carbocycles. The van der Waals surface area contributed by atoms with E-state index in [9.17, 15) is 9.59 Å². The molecule has 5 heteroatoms. The Bertz CT molecular complexity index is 340. The van der Waals surface area contributed by atoms with E-state index >= 15 is 0 Å². The molecule has 0 unspecified atom stereocenters. The smallest absolute Gasteiger partial charge is 0.321 e. The summed E-state index contributed by atoms with van der Waals surface area (Å²) in [7, 11) is -1.58. The fourth-order valence-electron chi connectivity index (χ4n) is 0.997. The number of esters is 2. The quantitative estimate of drug-likeness (QED) is 0.268. The van der Waals surface area contributed by atoms with Gasteiger partial charge in [-0.15, -0.1) is 5.54 Å². The minimum absolute atomic E-state index is 0.329. The molecule has 1 rings (SSSR count). The zero-order valence-corrected chi connectivity index (χ0v) is 10.3. The van der Waals surface area contributed by atoms with Crippen molar-refractivity contribution >= 4 is 20.0 Å². The summed E-state index contributed by atoms with van der Waals surface area (Å²) in [6, 6.07) is 0. The first-order valence-electron chi connectivity index (χ1n) is 4.68. The normalized spacial score (nSPS) is 19.7. The molecule has 0 aliphatic carbocycles. The van der Waals surface area contributed by atoms with Crippen LogP contribution in [0.15, 0.2) is 0 Å². The Kier molecular flexibility index (Phi) is 2.91. The Hall–Kier alpha value is -1.28. The number of rotatable bonds is 0. The van der Waals surface area contributed by atoms with Crippen molar-refractivity contribution < 1.29 is 19.1 Å². The Morgan fingerprint density at radius 1 is 1.20 bits per heavy atom. The van der Waals surface area contributed by atoms with Crippen LogP contribution in [0, 0.1) is 11.5 Å². The van der Waals surface area contributed by atoms with Gasteiger partial charge in [-0.2, -0.15) is 0 Å². The topological polar surface area (TPSA) is 52.6 Å². The molecule has 0 radical (unpaired) electrons. The van der Waals surface area contributed by atoms with E-state index in [0.29, 0.717) is 0 Å². The Morgan fingerprint density at radius 2 is 1.67 bits per heavy atom. The van der Waals surface area contributed by atoms with Gasteiger partial charge in [0.15, 0.2) is 0 Å². The highest BCUT2D eigenvalue weighted by atomic mass is 28.3. The van der Waals surface area contributed by atoms with E-state index in [-0.39, 0.29) is 6.42 Å². The lowest BCUT2D eigenvalue weighted by Crippen LogP contribution is -2.42. The van der Waals surface area contributed by atoms with Crippen molar-refractivity contribution in [3.8, 4) is 11.5 Å². The Balaban J connectivity index is 2.86. The van der Waals surface area contributed by atoms with Crippen LogP contribution >= 0.6 is 0 Å². The molecule has 0 aromatic heterocycles. The molecule has 4 nitrogen and oxygen atoms in total. The monoisotopic (exact) mass is 226 g/mol. The van der Waals surface area contributed by atoms with Crippen LogP contribution in [0.3, 0.4) is 0 Å². The van der Waals surface area contributed by atoms with E-state index in [1.807, 2.05) is 0 Å². The number of carbonyl (C=O) groups is 2. The van der Waals surface area contributed by atoms with Crippen LogP contribution in [0.25, 0.3) is 0 Å². The number of hydrogen-bond acceptors (Lipinski definition) is 4. The average molecular weight is 226 g/mol. The molecule has 1 heterocycles. The highest BCUT2D eigenvalue weighted by Crippen LogP contribution is 2.19. The SMILES string of the molecule is CC1(C#C[Si](C)(C)C)OC(=O)CC(=O)O1. The molecule has 0 aromatic carbocycles. The summed E-state index contributed by atoms with van der Waals surface area (Å²) in [6.07, 6.45) is -0.329. The van der Waals surface area contributed by atoms with Crippen LogP contribution < -0.4 is 0 Å². The third kappa shape index (κ3) is 3.76. The van der Waals surface area contributed by atoms with Gasteiger partial charge in [0.05, 0.1) is 0 Å². The van der Waals surface area contributed by atoms with Crippen molar-refractivity contribution in [2.24, 2.45) is 0 Å². The number of ether oxygens (including phenoxy) is 2. The van der Waals surface area contributed by atoms with Crippen molar-refractivity contribution in [1.29, 1.82) is 0 Å². The van der Waals surface area contributed by atoms with Crippen molar-refractivity contribution in [1.82, 2.24) is 0 Å². The van der Waals surface area contributed by atoms with Gasteiger partial charge < -0.3 is 9.47 Å². The van der Waals surface area contributed by atoms with Gasteiger partial charge in [0.25, 0.3) is 0 Å². The molecule has 0 spiro atoms. The molecule has 15 heavy (non-hydrogen) atoms. The minimum atomic E-state index is -1.58. The fraction of sp³-hybridized carbons (Fsp3) is 0.600. The molecule has 1 aliphatic rings. The maximum absolute atomic E-state index is 11.0. The maximum Gasteiger partial charge on any atom is 0.321 e. The molecule has 0 bridgehead atoms.